The number of hydrogen-bond acceptors (Lipinski definition) is 5. The molecule has 1 heterocycles. The summed E-state index contributed by atoms with van der Waals surface area (Å²) in [6, 6.07) is 10.5. The second-order valence-corrected chi connectivity index (χ2v) is 5.48. The molecule has 24 heavy (non-hydrogen) atoms. The van der Waals surface area contributed by atoms with Crippen LogP contribution in [0.1, 0.15) is 31.8 Å². The lowest BCUT2D eigenvalue weighted by molar-refractivity contribution is -0.384. The molecule has 0 aliphatic carbocycles. The lowest BCUT2D eigenvalue weighted by Crippen LogP contribution is -2.19. The maximum absolute atomic E-state index is 12.1. The average molecular weight is 324 g/mol. The van der Waals surface area contributed by atoms with E-state index in [4.69, 9.17) is 0 Å². The van der Waals surface area contributed by atoms with Crippen molar-refractivity contribution in [2.75, 3.05) is 0 Å². The summed E-state index contributed by atoms with van der Waals surface area (Å²) in [7, 11) is 0. The Bertz CT molecular complexity index is 871. The SMILES string of the molecule is O=C(Cc1ccc([N+](=O)[O-])cc1)Cc1ccc2c(c1)C(=O)NC2=O. The molecule has 2 aromatic rings. The molecule has 0 radical (unpaired) electrons. The van der Waals surface area contributed by atoms with Gasteiger partial charge in [0.25, 0.3) is 17.5 Å². The number of hydrogen-bond donors (Lipinski definition) is 1. The van der Waals surface area contributed by atoms with Gasteiger partial charge in [0.2, 0.25) is 0 Å². The van der Waals surface area contributed by atoms with Crippen molar-refractivity contribution in [3.63, 3.8) is 0 Å². The Kier molecular flexibility index (Phi) is 3.91. The van der Waals surface area contributed by atoms with Crippen LogP contribution in [0.15, 0.2) is 42.5 Å². The van der Waals surface area contributed by atoms with Gasteiger partial charge in [-0.15, -0.1) is 0 Å². The molecule has 2 aromatic carbocycles. The molecule has 1 N–H and O–H groups in total. The van der Waals surface area contributed by atoms with Crippen molar-refractivity contribution in [2.24, 2.45) is 0 Å². The Morgan fingerprint density at radius 3 is 2.17 bits per heavy atom. The van der Waals surface area contributed by atoms with Crippen LogP contribution in [0.3, 0.4) is 0 Å². The summed E-state index contributed by atoms with van der Waals surface area (Å²) in [5.41, 5.74) is 1.89. The molecule has 0 saturated heterocycles. The van der Waals surface area contributed by atoms with Crippen molar-refractivity contribution < 1.29 is 19.3 Å². The average Bonchev–Trinajstić information content (AvgIpc) is 2.82. The van der Waals surface area contributed by atoms with Crippen molar-refractivity contribution in [3.05, 3.63) is 74.8 Å². The molecule has 0 bridgehead atoms. The number of fused-ring (bicyclic) bond motifs is 1. The molecule has 0 fully saturated rings. The van der Waals surface area contributed by atoms with E-state index in [1.54, 1.807) is 24.3 Å². The standard InChI is InChI=1S/C17H12N2O5/c20-13(7-10-1-4-12(5-2-10)19(23)24)8-11-3-6-14-15(9-11)17(22)18-16(14)21/h1-6,9H,7-8H2,(H,18,21,22). The van der Waals surface area contributed by atoms with Crippen LogP contribution in [0, 0.1) is 10.1 Å². The lowest BCUT2D eigenvalue weighted by atomic mass is 9.99. The fourth-order valence-electron chi connectivity index (χ4n) is 2.58. The van der Waals surface area contributed by atoms with E-state index in [0.717, 1.165) is 0 Å². The van der Waals surface area contributed by atoms with E-state index >= 15 is 0 Å². The van der Waals surface area contributed by atoms with Gasteiger partial charge in [0.15, 0.2) is 0 Å². The molecule has 1 aliphatic heterocycles. The molecule has 120 valence electrons. The number of imide groups is 1. The number of benzene rings is 2. The number of amides is 2. The predicted molar refractivity (Wildman–Crippen MR) is 83.8 cm³/mol. The summed E-state index contributed by atoms with van der Waals surface area (Å²) in [5, 5.41) is 12.8. The number of nitro groups is 1. The van der Waals surface area contributed by atoms with Crippen LogP contribution >= 0.6 is 0 Å². The maximum Gasteiger partial charge on any atom is 0.269 e. The van der Waals surface area contributed by atoms with Gasteiger partial charge in [0.05, 0.1) is 16.1 Å². The highest BCUT2D eigenvalue weighted by molar-refractivity contribution is 6.21. The smallest absolute Gasteiger partial charge is 0.269 e. The van der Waals surface area contributed by atoms with Gasteiger partial charge < -0.3 is 0 Å². The van der Waals surface area contributed by atoms with Crippen LogP contribution in [0.25, 0.3) is 0 Å². The van der Waals surface area contributed by atoms with E-state index < -0.39 is 16.7 Å². The Morgan fingerprint density at radius 2 is 1.50 bits per heavy atom. The fourth-order valence-corrected chi connectivity index (χ4v) is 2.58. The maximum atomic E-state index is 12.1. The minimum atomic E-state index is -0.498. The summed E-state index contributed by atoms with van der Waals surface area (Å²) in [6.07, 6.45) is 0.256. The normalized spacial score (nSPS) is 12.7. The minimum Gasteiger partial charge on any atom is -0.299 e. The van der Waals surface area contributed by atoms with Crippen LogP contribution in [-0.2, 0) is 17.6 Å². The van der Waals surface area contributed by atoms with Crippen molar-refractivity contribution in [1.29, 1.82) is 0 Å². The van der Waals surface area contributed by atoms with E-state index in [0.29, 0.717) is 16.7 Å². The molecule has 7 nitrogen and oxygen atoms in total. The Balaban J connectivity index is 1.69. The van der Waals surface area contributed by atoms with E-state index in [1.165, 1.54) is 18.2 Å². The fraction of sp³-hybridized carbons (Fsp3) is 0.118. The molecule has 7 heteroatoms. The van der Waals surface area contributed by atoms with Gasteiger partial charge in [-0.05, 0) is 23.3 Å². The summed E-state index contributed by atoms with van der Waals surface area (Å²) in [5.74, 6) is -0.980. The minimum absolute atomic E-state index is 0.0273. The molecular formula is C17H12N2O5. The van der Waals surface area contributed by atoms with Gasteiger partial charge in [-0.2, -0.15) is 0 Å². The highest BCUT2D eigenvalue weighted by Crippen LogP contribution is 2.18. The summed E-state index contributed by atoms with van der Waals surface area (Å²) >= 11 is 0. The lowest BCUT2D eigenvalue weighted by Gasteiger charge is -2.03. The van der Waals surface area contributed by atoms with Gasteiger partial charge in [0, 0.05) is 25.0 Å². The van der Waals surface area contributed by atoms with Gasteiger partial charge in [-0.1, -0.05) is 18.2 Å². The number of carbonyl (C=O) groups excluding carboxylic acids is 3. The molecule has 0 aromatic heterocycles. The molecule has 3 rings (SSSR count). The third kappa shape index (κ3) is 3.05. The summed E-state index contributed by atoms with van der Waals surface area (Å²) in [4.78, 5) is 45.3. The molecule has 2 amide bonds. The van der Waals surface area contributed by atoms with Crippen molar-refractivity contribution in [2.45, 2.75) is 12.8 Å². The number of nitro benzene ring substituents is 1. The van der Waals surface area contributed by atoms with E-state index in [1.807, 2.05) is 0 Å². The number of nitrogens with one attached hydrogen (secondary N) is 1. The number of ketones is 1. The first-order valence-corrected chi connectivity index (χ1v) is 7.17. The van der Waals surface area contributed by atoms with Crippen LogP contribution in [0.2, 0.25) is 0 Å². The van der Waals surface area contributed by atoms with Crippen LogP contribution in [0.4, 0.5) is 5.69 Å². The number of nitrogens with zero attached hydrogens (tertiary/aromatic N) is 1. The first-order chi connectivity index (χ1) is 11.4. The highest BCUT2D eigenvalue weighted by Gasteiger charge is 2.26. The highest BCUT2D eigenvalue weighted by atomic mass is 16.6. The van der Waals surface area contributed by atoms with Crippen LogP contribution < -0.4 is 5.32 Å². The monoisotopic (exact) mass is 324 g/mol. The molecule has 0 spiro atoms. The number of carbonyl (C=O) groups is 3. The predicted octanol–water partition coefficient (Wildman–Crippen LogP) is 1.83. The van der Waals surface area contributed by atoms with Gasteiger partial charge >= 0.3 is 0 Å². The van der Waals surface area contributed by atoms with Crippen molar-refractivity contribution >= 4 is 23.3 Å². The van der Waals surface area contributed by atoms with Crippen molar-refractivity contribution in [3.8, 4) is 0 Å². The number of Topliss-reactive ketones (excluding diaryl/α,β-unsaturated/α-hetero) is 1. The molecule has 0 unspecified atom stereocenters. The Morgan fingerprint density at radius 1 is 0.917 bits per heavy atom. The Labute approximate surface area is 136 Å². The Hall–Kier alpha value is -3.35. The second kappa shape index (κ2) is 6.04. The van der Waals surface area contributed by atoms with Crippen LogP contribution in [0.5, 0.6) is 0 Å². The molecule has 0 atom stereocenters. The first kappa shape index (κ1) is 15.5. The zero-order valence-electron chi connectivity index (χ0n) is 12.4. The van der Waals surface area contributed by atoms with E-state index in [-0.39, 0.29) is 29.9 Å². The molecule has 0 saturated carbocycles. The third-order valence-corrected chi connectivity index (χ3v) is 3.75. The summed E-state index contributed by atoms with van der Waals surface area (Å²) < 4.78 is 0. The van der Waals surface area contributed by atoms with E-state index in [9.17, 15) is 24.5 Å². The number of rotatable bonds is 5. The zero-order chi connectivity index (χ0) is 17.3. The topological polar surface area (TPSA) is 106 Å². The first-order valence-electron chi connectivity index (χ1n) is 7.17. The quantitative estimate of drug-likeness (QED) is 0.513. The second-order valence-electron chi connectivity index (χ2n) is 5.48. The van der Waals surface area contributed by atoms with Gasteiger partial charge in [0.1, 0.15) is 5.78 Å². The van der Waals surface area contributed by atoms with Crippen molar-refractivity contribution in [1.82, 2.24) is 5.32 Å². The van der Waals surface area contributed by atoms with Crippen LogP contribution in [-0.4, -0.2) is 22.5 Å². The zero-order valence-corrected chi connectivity index (χ0v) is 12.4. The summed E-state index contributed by atoms with van der Waals surface area (Å²) in [6.45, 7) is 0. The number of non-ortho nitro benzene ring substituents is 1. The molecular weight excluding hydrogens is 312 g/mol. The van der Waals surface area contributed by atoms with E-state index in [2.05, 4.69) is 5.32 Å². The van der Waals surface area contributed by atoms with Gasteiger partial charge in [-0.3, -0.25) is 29.8 Å². The van der Waals surface area contributed by atoms with Gasteiger partial charge in [-0.25, -0.2) is 0 Å². The third-order valence-electron chi connectivity index (χ3n) is 3.75. The molecule has 1 aliphatic rings. The largest absolute Gasteiger partial charge is 0.299 e.